The van der Waals surface area contributed by atoms with Crippen molar-refractivity contribution in [2.45, 2.75) is 19.3 Å². The highest BCUT2D eigenvalue weighted by Crippen LogP contribution is 2.22. The van der Waals surface area contributed by atoms with Crippen molar-refractivity contribution >= 4 is 41.0 Å². The number of rotatable bonds is 10. The predicted octanol–water partition coefficient (Wildman–Crippen LogP) is 4.76. The first kappa shape index (κ1) is 42.8. The lowest BCUT2D eigenvalue weighted by Gasteiger charge is -2.33. The number of halogens is 3. The van der Waals surface area contributed by atoms with E-state index >= 15 is 0 Å². The zero-order chi connectivity index (χ0) is 41.5. The standard InChI is InChI=1S/C22H22F3N3O4.C19H22N4O3/c23-22(24,25)19(29)14-26-20(30)17-6-4-5-16(13-17)15-28(18-7-2-1-3-8-18)21(31)27-9-11-32-12-10-27;20-21-18(24)16-6-4-5-15(13-16)14-23(17-7-2-1-3-8-17)19(25)22-9-11-26-12-10-22/h1-8,13H,9-12,14-15H2,(H,26,30);1-8,13H,9-12,14,20H2,(H,21,24). The fourth-order valence-electron chi connectivity index (χ4n) is 6.04. The van der Waals surface area contributed by atoms with E-state index in [4.69, 9.17) is 15.3 Å². The Morgan fingerprint density at radius 1 is 0.603 bits per heavy atom. The number of benzene rings is 4. The van der Waals surface area contributed by atoms with Gasteiger partial charge in [-0.3, -0.25) is 29.6 Å². The van der Waals surface area contributed by atoms with Gasteiger partial charge in [0.2, 0.25) is 0 Å². The fraction of sp³-hybridized carbons (Fsp3) is 0.293. The number of ketones is 1. The smallest absolute Gasteiger partial charge is 0.378 e. The Morgan fingerprint density at radius 3 is 1.41 bits per heavy atom. The number of urea groups is 2. The number of Topliss-reactive ketones (excluding diaryl/α,β-unsaturated/α-hetero) is 1. The van der Waals surface area contributed by atoms with Gasteiger partial charge in [-0.1, -0.05) is 60.7 Å². The summed E-state index contributed by atoms with van der Waals surface area (Å²) in [6, 6.07) is 31.5. The Balaban J connectivity index is 0.000000226. The van der Waals surface area contributed by atoms with E-state index in [2.05, 4.69) is 5.43 Å². The minimum Gasteiger partial charge on any atom is -0.378 e. The molecule has 2 heterocycles. The first-order valence-electron chi connectivity index (χ1n) is 18.4. The molecular weight excluding hydrogens is 759 g/mol. The van der Waals surface area contributed by atoms with Crippen LogP contribution in [0.25, 0.3) is 0 Å². The molecule has 4 aromatic carbocycles. The number of morpholine rings is 2. The zero-order valence-corrected chi connectivity index (χ0v) is 31.5. The monoisotopic (exact) mass is 803 g/mol. The molecule has 0 atom stereocenters. The molecule has 0 bridgehead atoms. The summed E-state index contributed by atoms with van der Waals surface area (Å²) < 4.78 is 47.7. The molecule has 0 saturated carbocycles. The van der Waals surface area contributed by atoms with Gasteiger partial charge >= 0.3 is 18.2 Å². The number of hydrogen-bond donors (Lipinski definition) is 3. The third-order valence-corrected chi connectivity index (χ3v) is 9.08. The van der Waals surface area contributed by atoms with E-state index in [1.54, 1.807) is 74.2 Å². The largest absolute Gasteiger partial charge is 0.451 e. The fourth-order valence-corrected chi connectivity index (χ4v) is 6.04. The Hall–Kier alpha value is -6.30. The number of nitrogen functional groups attached to an aromatic ring is 1. The van der Waals surface area contributed by atoms with E-state index in [9.17, 15) is 37.1 Å². The van der Waals surface area contributed by atoms with Crippen molar-refractivity contribution in [3.05, 3.63) is 131 Å². The van der Waals surface area contributed by atoms with Crippen LogP contribution >= 0.6 is 0 Å². The predicted molar refractivity (Wildman–Crippen MR) is 209 cm³/mol. The number of para-hydroxylation sites is 2. The van der Waals surface area contributed by atoms with Gasteiger partial charge < -0.3 is 24.6 Å². The summed E-state index contributed by atoms with van der Waals surface area (Å²) >= 11 is 0. The molecule has 0 spiro atoms. The number of hydrogen-bond acceptors (Lipinski definition) is 8. The number of anilines is 2. The molecule has 4 aromatic rings. The Morgan fingerprint density at radius 2 is 1.02 bits per heavy atom. The molecule has 4 N–H and O–H groups in total. The number of amides is 6. The van der Waals surface area contributed by atoms with E-state index in [-0.39, 0.29) is 30.1 Å². The van der Waals surface area contributed by atoms with Gasteiger partial charge in [-0.15, -0.1) is 0 Å². The number of nitrogens with zero attached hydrogens (tertiary/aromatic N) is 4. The van der Waals surface area contributed by atoms with Gasteiger partial charge in [-0.2, -0.15) is 13.2 Å². The number of carbonyl (C=O) groups excluding carboxylic acids is 5. The number of ether oxygens (including phenoxy) is 2. The van der Waals surface area contributed by atoms with Crippen LogP contribution in [0, 0.1) is 0 Å². The van der Waals surface area contributed by atoms with Crippen LogP contribution in [0.2, 0.25) is 0 Å². The Bertz CT molecular complexity index is 2010. The zero-order valence-electron chi connectivity index (χ0n) is 31.5. The van der Waals surface area contributed by atoms with E-state index < -0.39 is 24.4 Å². The molecule has 6 rings (SSSR count). The Kier molecular flexibility index (Phi) is 15.3. The maximum atomic E-state index is 13.2. The third-order valence-electron chi connectivity index (χ3n) is 9.08. The van der Waals surface area contributed by atoms with Gasteiger partial charge in [0.1, 0.15) is 0 Å². The van der Waals surface area contributed by atoms with Gasteiger partial charge in [0, 0.05) is 48.7 Å². The van der Waals surface area contributed by atoms with E-state index in [0.29, 0.717) is 76.0 Å². The van der Waals surface area contributed by atoms with Crippen molar-refractivity contribution in [1.82, 2.24) is 20.5 Å². The van der Waals surface area contributed by atoms with Gasteiger partial charge in [0.25, 0.3) is 17.6 Å². The van der Waals surface area contributed by atoms with E-state index in [1.165, 1.54) is 12.1 Å². The van der Waals surface area contributed by atoms with Crippen LogP contribution in [0.15, 0.2) is 109 Å². The molecule has 2 aliphatic rings. The van der Waals surface area contributed by atoms with Crippen LogP contribution in [-0.2, 0) is 27.4 Å². The topological polar surface area (TPSA) is 167 Å². The van der Waals surface area contributed by atoms with Crippen molar-refractivity contribution in [2.75, 3.05) is 69.0 Å². The molecule has 6 amide bonds. The summed E-state index contributed by atoms with van der Waals surface area (Å²) in [5.41, 5.74) is 5.58. The second-order valence-corrected chi connectivity index (χ2v) is 13.1. The van der Waals surface area contributed by atoms with Crippen LogP contribution in [0.5, 0.6) is 0 Å². The highest BCUT2D eigenvalue weighted by atomic mass is 19.4. The minimum absolute atomic E-state index is 0.0758. The van der Waals surface area contributed by atoms with E-state index in [0.717, 1.165) is 11.3 Å². The Labute approximate surface area is 333 Å². The molecule has 0 aromatic heterocycles. The molecule has 14 nitrogen and oxygen atoms in total. The lowest BCUT2D eigenvalue weighted by Crippen LogP contribution is -2.48. The number of nitrogens with two attached hydrogens (primary N) is 1. The first-order valence-corrected chi connectivity index (χ1v) is 18.4. The van der Waals surface area contributed by atoms with Crippen LogP contribution < -0.4 is 26.4 Å². The summed E-state index contributed by atoms with van der Waals surface area (Å²) in [6.07, 6.45) is -5.01. The summed E-state index contributed by atoms with van der Waals surface area (Å²) in [6.45, 7) is 3.38. The van der Waals surface area contributed by atoms with Crippen molar-refractivity contribution in [1.29, 1.82) is 0 Å². The average Bonchev–Trinajstić information content (AvgIpc) is 3.27. The van der Waals surface area contributed by atoms with Crippen molar-refractivity contribution in [3.63, 3.8) is 0 Å². The van der Waals surface area contributed by atoms with Gasteiger partial charge in [0.05, 0.1) is 46.1 Å². The van der Waals surface area contributed by atoms with Gasteiger partial charge in [0.15, 0.2) is 0 Å². The summed E-state index contributed by atoms with van der Waals surface area (Å²) in [5.74, 6) is 2.00. The van der Waals surface area contributed by atoms with Crippen LogP contribution in [-0.4, -0.2) is 105 Å². The highest BCUT2D eigenvalue weighted by molar-refractivity contribution is 5.98. The average molecular weight is 804 g/mol. The van der Waals surface area contributed by atoms with Crippen LogP contribution in [0.1, 0.15) is 31.8 Å². The highest BCUT2D eigenvalue weighted by Gasteiger charge is 2.38. The molecule has 2 aliphatic heterocycles. The van der Waals surface area contributed by atoms with Gasteiger partial charge in [-0.05, 0) is 59.7 Å². The lowest BCUT2D eigenvalue weighted by atomic mass is 10.1. The summed E-state index contributed by atoms with van der Waals surface area (Å²) in [4.78, 5) is 68.0. The summed E-state index contributed by atoms with van der Waals surface area (Å²) in [5, 5.41) is 1.98. The second-order valence-electron chi connectivity index (χ2n) is 13.1. The third kappa shape index (κ3) is 12.1. The number of nitrogens with one attached hydrogen (secondary N) is 2. The molecule has 0 aliphatic carbocycles. The molecule has 0 unspecified atom stereocenters. The summed E-state index contributed by atoms with van der Waals surface area (Å²) in [7, 11) is 0. The molecule has 2 saturated heterocycles. The maximum Gasteiger partial charge on any atom is 0.451 e. The molecule has 17 heteroatoms. The van der Waals surface area contributed by atoms with Crippen molar-refractivity contribution < 1.29 is 46.6 Å². The van der Waals surface area contributed by atoms with Crippen molar-refractivity contribution in [2.24, 2.45) is 5.84 Å². The number of hydrazine groups is 1. The van der Waals surface area contributed by atoms with Crippen LogP contribution in [0.4, 0.5) is 34.1 Å². The molecule has 58 heavy (non-hydrogen) atoms. The van der Waals surface area contributed by atoms with Crippen LogP contribution in [0.3, 0.4) is 0 Å². The quantitative estimate of drug-likeness (QED) is 0.117. The molecular formula is C41H44F3N7O7. The van der Waals surface area contributed by atoms with E-state index in [1.807, 2.05) is 47.8 Å². The first-order chi connectivity index (χ1) is 27.9. The van der Waals surface area contributed by atoms with Crippen molar-refractivity contribution in [3.8, 4) is 0 Å². The molecule has 2 fully saturated rings. The molecule has 0 radical (unpaired) electrons. The number of carbonyl (C=O) groups is 5. The van der Waals surface area contributed by atoms with Gasteiger partial charge in [-0.25, -0.2) is 15.4 Å². The molecule has 306 valence electrons. The minimum atomic E-state index is -5.01. The second kappa shape index (κ2) is 20.7. The lowest BCUT2D eigenvalue weighted by molar-refractivity contribution is -0.169. The SMILES string of the molecule is NNC(=O)c1cccc(CN(C(=O)N2CCOCC2)c2ccccc2)c1.O=C(NCC(=O)C(F)(F)F)c1cccc(CN(C(=O)N2CCOCC2)c2ccccc2)c1. The number of alkyl halides is 3. The maximum absolute atomic E-state index is 13.2. The normalized spacial score (nSPS) is 14.0.